The van der Waals surface area contributed by atoms with Crippen LogP contribution in [0.15, 0.2) is 0 Å². The third kappa shape index (κ3) is 5.88. The van der Waals surface area contributed by atoms with Gasteiger partial charge in [0.05, 0.1) is 6.61 Å². The van der Waals surface area contributed by atoms with Gasteiger partial charge in [-0.15, -0.1) is 6.54 Å². The Labute approximate surface area is 179 Å². The van der Waals surface area contributed by atoms with Gasteiger partial charge in [0.2, 0.25) is 0 Å². The largest absolute Gasteiger partial charge is 0.653 e. The first-order valence-corrected chi connectivity index (χ1v) is 4.21. The topological polar surface area (TPSA) is 41.8 Å². The van der Waals surface area contributed by atoms with E-state index in [1.807, 2.05) is 0 Å². The van der Waals surface area contributed by atoms with Crippen molar-refractivity contribution in [3.8, 4) is 0 Å². The van der Waals surface area contributed by atoms with Gasteiger partial charge >= 0.3 is 0 Å². The minimum Gasteiger partial charge on any atom is -0.653 e. The molecule has 2 saturated heterocycles. The van der Waals surface area contributed by atoms with E-state index >= 15 is 0 Å². The van der Waals surface area contributed by atoms with Crippen LogP contribution in [0.1, 0.15) is 6.42 Å². The van der Waals surface area contributed by atoms with Crippen molar-refractivity contribution >= 4 is 0 Å². The quantitative estimate of drug-likeness (QED) is 0.313. The van der Waals surface area contributed by atoms with Crippen molar-refractivity contribution in [3.05, 3.63) is 12.7 Å². The van der Waals surface area contributed by atoms with Gasteiger partial charge in [0.1, 0.15) is 0 Å². The van der Waals surface area contributed by atoms with Crippen LogP contribution in [0.25, 0.3) is 5.32 Å². The van der Waals surface area contributed by atoms with Gasteiger partial charge in [-0.3, -0.25) is 0 Å². The molecule has 0 aliphatic carbocycles. The SMILES string of the molecule is COC1(OC)COC2CC[N-]C21.[CH3-].[U].[V].[W].[Y]. The second-order valence-corrected chi connectivity index (χ2v) is 3.21. The second kappa shape index (κ2) is 13.0. The van der Waals surface area contributed by atoms with Crippen molar-refractivity contribution in [1.82, 2.24) is 0 Å². The average Bonchev–Trinajstić information content (AvgIpc) is 2.64. The molecule has 2 aliphatic heterocycles. The predicted molar refractivity (Wildman–Crippen MR) is 49.5 cm³/mol. The van der Waals surface area contributed by atoms with Gasteiger partial charge in [-0.25, -0.2) is 0 Å². The fourth-order valence-electron chi connectivity index (χ4n) is 1.96. The van der Waals surface area contributed by atoms with E-state index in [4.69, 9.17) is 14.2 Å². The van der Waals surface area contributed by atoms with Gasteiger partial charge in [-0.2, -0.15) is 0 Å². The van der Waals surface area contributed by atoms with Crippen molar-refractivity contribution < 1.29 is 118 Å². The molecule has 4 nitrogen and oxygen atoms in total. The monoisotopic (exact) mass is 749 g/mol. The van der Waals surface area contributed by atoms with E-state index in [9.17, 15) is 0 Å². The van der Waals surface area contributed by atoms with Crippen LogP contribution in [0.3, 0.4) is 0 Å². The van der Waals surface area contributed by atoms with Crippen LogP contribution in [-0.2, 0) is 86.5 Å². The molecule has 2 rings (SSSR count). The van der Waals surface area contributed by atoms with Crippen molar-refractivity contribution in [3.63, 3.8) is 0 Å². The minimum atomic E-state index is -0.610. The first kappa shape index (κ1) is 28.4. The van der Waals surface area contributed by atoms with E-state index in [1.54, 1.807) is 14.2 Å². The van der Waals surface area contributed by atoms with Gasteiger partial charge in [0, 0.05) is 124 Å². The molecule has 0 aromatic carbocycles. The normalized spacial score (nSPS) is 27.2. The van der Waals surface area contributed by atoms with Crippen molar-refractivity contribution in [2.45, 2.75) is 24.4 Å². The van der Waals surface area contributed by atoms with E-state index in [1.165, 1.54) is 0 Å². The molecule has 17 heavy (non-hydrogen) atoms. The van der Waals surface area contributed by atoms with E-state index < -0.39 is 5.79 Å². The Bertz CT molecular complexity index is 192. The number of fused-ring (bicyclic) bond motifs is 1. The summed E-state index contributed by atoms with van der Waals surface area (Å²) in [4.78, 5) is 0. The molecule has 0 aromatic heterocycles. The zero-order chi connectivity index (χ0) is 8.60. The molecule has 2 fully saturated rings. The summed E-state index contributed by atoms with van der Waals surface area (Å²) >= 11 is 0. The molecular formula is C9H17NO3UVWY-2. The molecule has 0 bridgehead atoms. The summed E-state index contributed by atoms with van der Waals surface area (Å²) in [5.41, 5.74) is 0. The van der Waals surface area contributed by atoms with Crippen LogP contribution >= 0.6 is 0 Å². The van der Waals surface area contributed by atoms with Crippen molar-refractivity contribution in [1.29, 1.82) is 0 Å². The first-order valence-electron chi connectivity index (χ1n) is 4.21. The molecule has 8 heteroatoms. The van der Waals surface area contributed by atoms with Crippen LogP contribution in [0.2, 0.25) is 0 Å². The Morgan fingerprint density at radius 3 is 2.29 bits per heavy atom. The summed E-state index contributed by atoms with van der Waals surface area (Å²) in [6, 6.07) is 0.0764. The molecule has 0 N–H and O–H groups in total. The number of rotatable bonds is 2. The van der Waals surface area contributed by atoms with Crippen molar-refractivity contribution in [2.24, 2.45) is 0 Å². The van der Waals surface area contributed by atoms with Crippen LogP contribution in [0.4, 0.5) is 0 Å². The third-order valence-corrected chi connectivity index (χ3v) is 2.73. The molecule has 2 unspecified atom stereocenters. The van der Waals surface area contributed by atoms with Gasteiger partial charge < -0.3 is 27.0 Å². The average molecular weight is 749 g/mol. The van der Waals surface area contributed by atoms with Crippen LogP contribution < -0.4 is 0 Å². The van der Waals surface area contributed by atoms with Crippen molar-refractivity contribution in [2.75, 3.05) is 27.4 Å². The Morgan fingerprint density at radius 1 is 1.29 bits per heavy atom. The van der Waals surface area contributed by atoms with Gasteiger partial charge in [0.25, 0.3) is 0 Å². The number of methoxy groups -OCH3 is 2. The maximum atomic E-state index is 5.53. The van der Waals surface area contributed by atoms with Crippen LogP contribution in [-0.4, -0.2) is 45.3 Å². The number of nitrogens with zero attached hydrogens (tertiary/aromatic N) is 1. The predicted octanol–water partition coefficient (Wildman–Crippen LogP) is 0.963. The first-order chi connectivity index (χ1) is 5.82. The molecule has 2 aliphatic rings. The Kier molecular flexibility index (Phi) is 21.7. The Hall–Kier alpha value is 3.27. The molecule has 0 amide bonds. The summed E-state index contributed by atoms with van der Waals surface area (Å²) in [7, 11) is 3.28. The standard InChI is InChI=1S/C8H14NO3.CH3.U.V.W.Y/c1-10-8(11-2)5-12-6-3-4-9-7(6)8;;;;;/h6-7H,3-5H2,1-2H3;1H3;;;;/q2*-1;;;;. The summed E-state index contributed by atoms with van der Waals surface area (Å²) in [5, 5.41) is 4.42. The summed E-state index contributed by atoms with van der Waals surface area (Å²) in [6.45, 7) is 1.36. The second-order valence-electron chi connectivity index (χ2n) is 3.21. The fourth-order valence-corrected chi connectivity index (χ4v) is 1.96. The zero-order valence-corrected chi connectivity index (χ0v) is 21.7. The van der Waals surface area contributed by atoms with Gasteiger partial charge in [0.15, 0.2) is 5.79 Å². The molecule has 2 heterocycles. The Morgan fingerprint density at radius 2 is 1.82 bits per heavy atom. The van der Waals surface area contributed by atoms with E-state index in [-0.39, 0.29) is 123 Å². The molecule has 96 valence electrons. The van der Waals surface area contributed by atoms with E-state index in [0.717, 1.165) is 13.0 Å². The Balaban J connectivity index is -0.000000169. The van der Waals surface area contributed by atoms with E-state index in [2.05, 4.69) is 5.32 Å². The molecule has 0 spiro atoms. The summed E-state index contributed by atoms with van der Waals surface area (Å²) in [5.74, 6) is -0.610. The van der Waals surface area contributed by atoms with Crippen LogP contribution in [0, 0.1) is 38.5 Å². The number of hydrogen-bond acceptors (Lipinski definition) is 3. The van der Waals surface area contributed by atoms with Gasteiger partial charge in [-0.05, 0) is 6.42 Å². The molecule has 2 atom stereocenters. The molecule has 2 radical (unpaired) electrons. The maximum Gasteiger partial charge on any atom is 0.177 e. The van der Waals surface area contributed by atoms with Gasteiger partial charge in [-0.1, -0.05) is 6.04 Å². The summed E-state index contributed by atoms with van der Waals surface area (Å²) in [6.07, 6.45) is 1.21. The van der Waals surface area contributed by atoms with Crippen LogP contribution in [0.5, 0.6) is 0 Å². The number of hydrogen-bond donors (Lipinski definition) is 0. The zero-order valence-electron chi connectivity index (χ0n) is 10.4. The molecular weight excluding hydrogens is 732 g/mol. The third-order valence-electron chi connectivity index (χ3n) is 2.73. The minimum absolute atomic E-state index is 0. The fraction of sp³-hybridized carbons (Fsp3) is 0.889. The molecule has 0 saturated carbocycles. The summed E-state index contributed by atoms with van der Waals surface area (Å²) < 4.78 is 16.2. The van der Waals surface area contributed by atoms with E-state index in [0.29, 0.717) is 6.61 Å². The number of ether oxygens (including phenoxy) is 3. The molecule has 0 aromatic rings. The smallest absolute Gasteiger partial charge is 0.177 e. The maximum absolute atomic E-state index is 5.53.